The molecule has 0 unspecified atom stereocenters. The van der Waals surface area contributed by atoms with E-state index < -0.39 is 0 Å². The van der Waals surface area contributed by atoms with Gasteiger partial charge in [-0.2, -0.15) is 0 Å². The van der Waals surface area contributed by atoms with Crippen LogP contribution in [-0.2, 0) is 4.74 Å². The van der Waals surface area contributed by atoms with Crippen LogP contribution in [-0.4, -0.2) is 32.6 Å². The number of hydrogen-bond acceptors (Lipinski definition) is 2. The summed E-state index contributed by atoms with van der Waals surface area (Å²) in [5, 5.41) is 3.20. The van der Waals surface area contributed by atoms with E-state index in [2.05, 4.69) is 10.3 Å². The van der Waals surface area contributed by atoms with Crippen molar-refractivity contribution in [3.8, 4) is 0 Å². The van der Waals surface area contributed by atoms with Crippen LogP contribution >= 0.6 is 0 Å². The number of nitrogens with zero attached hydrogens (tertiary/aromatic N) is 1. The maximum atomic E-state index is 5.20. The third-order valence-corrected chi connectivity index (χ3v) is 1.66. The molecule has 10 heavy (non-hydrogen) atoms. The van der Waals surface area contributed by atoms with Gasteiger partial charge in [-0.1, -0.05) is 0 Å². The molecule has 0 atom stereocenters. The Kier molecular flexibility index (Phi) is 3.22. The van der Waals surface area contributed by atoms with Crippen molar-refractivity contribution in [3.63, 3.8) is 0 Å². The molecule has 0 aromatic carbocycles. The Morgan fingerprint density at radius 2 is 2.20 bits per heavy atom. The van der Waals surface area contributed by atoms with Gasteiger partial charge in [-0.05, 0) is 12.8 Å². The summed E-state index contributed by atoms with van der Waals surface area (Å²) in [6.07, 6.45) is 3.97. The number of rotatable bonds is 2. The molecule has 0 aliphatic carbocycles. The van der Waals surface area contributed by atoms with Gasteiger partial charge in [0.2, 0.25) is 0 Å². The van der Waals surface area contributed by atoms with Gasteiger partial charge in [-0.15, -0.1) is 0 Å². The maximum absolute atomic E-state index is 5.20. The van der Waals surface area contributed by atoms with Crippen LogP contribution in [0.25, 0.3) is 0 Å². The largest absolute Gasteiger partial charge is 0.381 e. The summed E-state index contributed by atoms with van der Waals surface area (Å²) in [5.74, 6) is 0. The van der Waals surface area contributed by atoms with E-state index in [9.17, 15) is 0 Å². The Labute approximate surface area is 61.5 Å². The van der Waals surface area contributed by atoms with E-state index in [1.165, 1.54) is 0 Å². The molecule has 58 valence electrons. The Morgan fingerprint density at radius 1 is 1.50 bits per heavy atom. The molecular formula is C7H14N2O. The van der Waals surface area contributed by atoms with Crippen molar-refractivity contribution in [2.24, 2.45) is 4.99 Å². The highest BCUT2D eigenvalue weighted by Crippen LogP contribution is 2.04. The Bertz CT molecular complexity index is 108. The molecule has 0 aromatic rings. The summed E-state index contributed by atoms with van der Waals surface area (Å²) in [4.78, 5) is 3.85. The van der Waals surface area contributed by atoms with Crippen LogP contribution < -0.4 is 5.32 Å². The van der Waals surface area contributed by atoms with Gasteiger partial charge >= 0.3 is 0 Å². The Hall–Kier alpha value is -0.570. The molecule has 3 heteroatoms. The first-order valence-electron chi connectivity index (χ1n) is 3.68. The second kappa shape index (κ2) is 4.28. The summed E-state index contributed by atoms with van der Waals surface area (Å²) in [5.41, 5.74) is 0. The van der Waals surface area contributed by atoms with E-state index in [1.807, 2.05) is 0 Å². The SMILES string of the molecule is CN=CNC1CCOCC1. The van der Waals surface area contributed by atoms with E-state index >= 15 is 0 Å². The van der Waals surface area contributed by atoms with Crippen LogP contribution in [0.2, 0.25) is 0 Å². The van der Waals surface area contributed by atoms with Gasteiger partial charge in [-0.25, -0.2) is 0 Å². The molecule has 0 amide bonds. The first kappa shape index (κ1) is 7.54. The van der Waals surface area contributed by atoms with Crippen LogP contribution in [0.5, 0.6) is 0 Å². The molecule has 0 aromatic heterocycles. The molecule has 0 bridgehead atoms. The lowest BCUT2D eigenvalue weighted by Crippen LogP contribution is -2.33. The lowest BCUT2D eigenvalue weighted by Gasteiger charge is -2.21. The van der Waals surface area contributed by atoms with Crippen LogP contribution in [0.1, 0.15) is 12.8 Å². The van der Waals surface area contributed by atoms with Gasteiger partial charge in [0.1, 0.15) is 0 Å². The number of nitrogens with one attached hydrogen (secondary N) is 1. The summed E-state index contributed by atoms with van der Waals surface area (Å²) >= 11 is 0. The lowest BCUT2D eigenvalue weighted by atomic mass is 10.1. The van der Waals surface area contributed by atoms with Crippen LogP contribution in [0.3, 0.4) is 0 Å². The fourth-order valence-corrected chi connectivity index (χ4v) is 1.04. The third kappa shape index (κ3) is 2.35. The number of ether oxygens (including phenoxy) is 1. The summed E-state index contributed by atoms with van der Waals surface area (Å²) in [6, 6.07) is 0.581. The zero-order valence-corrected chi connectivity index (χ0v) is 6.34. The molecule has 0 radical (unpaired) electrons. The van der Waals surface area contributed by atoms with E-state index in [0.717, 1.165) is 26.1 Å². The normalized spacial score (nSPS) is 21.7. The number of hydrogen-bond donors (Lipinski definition) is 1. The summed E-state index contributed by atoms with van der Waals surface area (Å²) < 4.78 is 5.20. The van der Waals surface area contributed by atoms with Crippen LogP contribution in [0.15, 0.2) is 4.99 Å². The smallest absolute Gasteiger partial charge is 0.0822 e. The van der Waals surface area contributed by atoms with Crippen molar-refractivity contribution in [2.75, 3.05) is 20.3 Å². The molecule has 1 aliphatic heterocycles. The topological polar surface area (TPSA) is 33.6 Å². The van der Waals surface area contributed by atoms with E-state index in [1.54, 1.807) is 13.4 Å². The highest BCUT2D eigenvalue weighted by atomic mass is 16.5. The minimum absolute atomic E-state index is 0.581. The Balaban J connectivity index is 2.13. The second-order valence-corrected chi connectivity index (χ2v) is 2.44. The molecule has 1 fully saturated rings. The average Bonchev–Trinajstić information content (AvgIpc) is 2.03. The summed E-state index contributed by atoms with van der Waals surface area (Å²) in [6.45, 7) is 1.77. The molecule has 1 N–H and O–H groups in total. The molecular weight excluding hydrogens is 128 g/mol. The quantitative estimate of drug-likeness (QED) is 0.447. The minimum atomic E-state index is 0.581. The predicted octanol–water partition coefficient (Wildman–Crippen LogP) is 0.413. The molecule has 0 saturated carbocycles. The average molecular weight is 142 g/mol. The standard InChI is InChI=1S/C7H14N2O/c1-8-6-9-7-2-4-10-5-3-7/h6-7H,2-5H2,1H3,(H,8,9). The van der Waals surface area contributed by atoms with Gasteiger partial charge in [0, 0.05) is 26.3 Å². The first-order valence-corrected chi connectivity index (χ1v) is 3.68. The lowest BCUT2D eigenvalue weighted by molar-refractivity contribution is 0.0827. The van der Waals surface area contributed by atoms with Gasteiger partial charge in [-0.3, -0.25) is 4.99 Å². The third-order valence-electron chi connectivity index (χ3n) is 1.66. The van der Waals surface area contributed by atoms with Gasteiger partial charge in [0.15, 0.2) is 0 Å². The zero-order chi connectivity index (χ0) is 7.23. The molecule has 1 saturated heterocycles. The van der Waals surface area contributed by atoms with Crippen LogP contribution in [0, 0.1) is 0 Å². The minimum Gasteiger partial charge on any atom is -0.381 e. The second-order valence-electron chi connectivity index (χ2n) is 2.44. The van der Waals surface area contributed by atoms with Crippen molar-refractivity contribution in [1.82, 2.24) is 5.32 Å². The highest BCUT2D eigenvalue weighted by Gasteiger charge is 2.10. The fourth-order valence-electron chi connectivity index (χ4n) is 1.04. The van der Waals surface area contributed by atoms with Crippen molar-refractivity contribution in [1.29, 1.82) is 0 Å². The van der Waals surface area contributed by atoms with E-state index in [4.69, 9.17) is 4.74 Å². The number of aliphatic imine (C=N–C) groups is 1. The van der Waals surface area contributed by atoms with Gasteiger partial charge in [0.25, 0.3) is 0 Å². The molecule has 1 rings (SSSR count). The van der Waals surface area contributed by atoms with Gasteiger partial charge < -0.3 is 10.1 Å². The maximum Gasteiger partial charge on any atom is 0.0822 e. The molecule has 3 nitrogen and oxygen atoms in total. The highest BCUT2D eigenvalue weighted by molar-refractivity contribution is 5.54. The van der Waals surface area contributed by atoms with Crippen molar-refractivity contribution < 1.29 is 4.74 Å². The van der Waals surface area contributed by atoms with E-state index in [0.29, 0.717) is 6.04 Å². The Morgan fingerprint density at radius 3 is 2.80 bits per heavy atom. The van der Waals surface area contributed by atoms with Crippen LogP contribution in [0.4, 0.5) is 0 Å². The fraction of sp³-hybridized carbons (Fsp3) is 0.857. The monoisotopic (exact) mass is 142 g/mol. The summed E-state index contributed by atoms with van der Waals surface area (Å²) in [7, 11) is 1.77. The molecule has 0 spiro atoms. The molecule has 1 aliphatic rings. The van der Waals surface area contributed by atoms with E-state index in [-0.39, 0.29) is 0 Å². The molecule has 1 heterocycles. The van der Waals surface area contributed by atoms with Crippen molar-refractivity contribution >= 4 is 6.34 Å². The van der Waals surface area contributed by atoms with Crippen molar-refractivity contribution in [3.05, 3.63) is 0 Å². The van der Waals surface area contributed by atoms with Gasteiger partial charge in [0.05, 0.1) is 6.34 Å². The first-order chi connectivity index (χ1) is 4.93. The predicted molar refractivity (Wildman–Crippen MR) is 41.4 cm³/mol. The van der Waals surface area contributed by atoms with Crippen molar-refractivity contribution in [2.45, 2.75) is 18.9 Å². The zero-order valence-electron chi connectivity index (χ0n) is 6.34.